The van der Waals surface area contributed by atoms with Gasteiger partial charge in [0, 0.05) is 17.3 Å². The number of benzene rings is 1. The fraction of sp³-hybridized carbons (Fsp3) is 0.278. The number of aromatic nitrogens is 5. The average Bonchev–Trinajstić information content (AvgIpc) is 3.35. The van der Waals surface area contributed by atoms with Crippen LogP contribution in [0.15, 0.2) is 36.5 Å². The minimum absolute atomic E-state index is 0.276. The summed E-state index contributed by atoms with van der Waals surface area (Å²) in [6.07, 6.45) is 0.789. The maximum absolute atomic E-state index is 14.7. The van der Waals surface area contributed by atoms with Crippen LogP contribution in [-0.4, -0.2) is 57.0 Å². The first-order valence-corrected chi connectivity index (χ1v) is 9.20. The van der Waals surface area contributed by atoms with Crippen LogP contribution in [0.1, 0.15) is 0 Å². The average molecular weight is 400 g/mol. The van der Waals surface area contributed by atoms with Crippen LogP contribution in [0.3, 0.4) is 0 Å². The summed E-state index contributed by atoms with van der Waals surface area (Å²) >= 11 is 0. The largest absolute Gasteiger partial charge is 0.438 e. The number of halogens is 1. The smallest absolute Gasteiger partial charge is 0.414 e. The minimum atomic E-state index is -0.490. The third kappa shape index (κ3) is 3.77. The zero-order valence-corrected chi connectivity index (χ0v) is 15.7. The molecule has 4 rings (SSSR count). The summed E-state index contributed by atoms with van der Waals surface area (Å²) in [7, 11) is 0. The number of hydrogen-bond donors (Lipinski definition) is 2. The molecule has 1 amide bonds. The molecule has 2 aromatic heterocycles. The van der Waals surface area contributed by atoms with Crippen LogP contribution in [0.2, 0.25) is 0 Å². The molecule has 10 nitrogen and oxygen atoms in total. The molecule has 1 atom stereocenters. The molecule has 6 N–H and O–H groups in total. The Bertz CT molecular complexity index is 1020. The lowest BCUT2D eigenvalue weighted by molar-refractivity contribution is -0.380. The molecule has 0 bridgehead atoms. The Hall–Kier alpha value is -3.44. The number of rotatable bonds is 6. The standard InChI is InChI=1S/C18H19FN8O2/c19-15-7-12(26-10-13(8-21)29-18(26)28)2-3-14(15)11-1-4-16(22-9-11)17-23-25-27(24-17)6-5-20/h1-4,7,9,13H,5-6,8,10,20-21H2/p+2/t13-/m0/s1. The highest BCUT2D eigenvalue weighted by Gasteiger charge is 2.32. The Morgan fingerprint density at radius 2 is 2.10 bits per heavy atom. The fourth-order valence-corrected chi connectivity index (χ4v) is 3.06. The van der Waals surface area contributed by atoms with Crippen LogP contribution < -0.4 is 16.4 Å². The van der Waals surface area contributed by atoms with Gasteiger partial charge in [-0.25, -0.2) is 9.18 Å². The molecule has 1 aliphatic rings. The van der Waals surface area contributed by atoms with Gasteiger partial charge in [0.25, 0.3) is 0 Å². The van der Waals surface area contributed by atoms with Crippen molar-refractivity contribution in [2.45, 2.75) is 12.6 Å². The molecule has 0 radical (unpaired) electrons. The first-order chi connectivity index (χ1) is 14.1. The Morgan fingerprint density at radius 3 is 2.76 bits per heavy atom. The number of anilines is 1. The van der Waals surface area contributed by atoms with Crippen LogP contribution in [-0.2, 0) is 11.3 Å². The van der Waals surface area contributed by atoms with Gasteiger partial charge in [-0.2, -0.15) is 4.80 Å². The zero-order chi connectivity index (χ0) is 20.4. The van der Waals surface area contributed by atoms with Crippen LogP contribution >= 0.6 is 0 Å². The van der Waals surface area contributed by atoms with Gasteiger partial charge in [-0.3, -0.25) is 9.88 Å². The second kappa shape index (κ2) is 7.89. The van der Waals surface area contributed by atoms with E-state index in [0.29, 0.717) is 54.5 Å². The molecule has 1 fully saturated rings. The highest BCUT2D eigenvalue weighted by molar-refractivity contribution is 5.90. The molecular formula is C18H21FN8O2+2. The predicted octanol–water partition coefficient (Wildman–Crippen LogP) is -0.650. The molecule has 3 aromatic rings. The first kappa shape index (κ1) is 18.9. The van der Waals surface area contributed by atoms with E-state index in [2.05, 4.69) is 31.9 Å². The second-order valence-electron chi connectivity index (χ2n) is 6.56. The predicted molar refractivity (Wildman–Crippen MR) is 99.6 cm³/mol. The number of quaternary nitrogens is 2. The number of amides is 1. The van der Waals surface area contributed by atoms with Crippen molar-refractivity contribution in [1.82, 2.24) is 25.2 Å². The minimum Gasteiger partial charge on any atom is -0.438 e. The number of nitrogens with zero attached hydrogens (tertiary/aromatic N) is 6. The number of ether oxygens (including phenoxy) is 1. The summed E-state index contributed by atoms with van der Waals surface area (Å²) in [5.41, 5.74) is 9.45. The van der Waals surface area contributed by atoms with E-state index in [1.165, 1.54) is 15.8 Å². The topological polar surface area (TPSA) is 141 Å². The third-order valence-corrected chi connectivity index (χ3v) is 4.57. The molecule has 1 saturated heterocycles. The summed E-state index contributed by atoms with van der Waals surface area (Å²) < 4.78 is 19.9. The molecule has 0 unspecified atom stereocenters. The van der Waals surface area contributed by atoms with E-state index < -0.39 is 11.9 Å². The van der Waals surface area contributed by atoms with Gasteiger partial charge >= 0.3 is 6.09 Å². The number of tetrazole rings is 1. The lowest BCUT2D eigenvalue weighted by Gasteiger charge is -2.14. The Kier molecular flexibility index (Phi) is 5.14. The number of carbonyl (C=O) groups excluding carboxylic acids is 1. The quantitative estimate of drug-likeness (QED) is 0.563. The summed E-state index contributed by atoms with van der Waals surface area (Å²) in [4.78, 5) is 19.1. The molecular weight excluding hydrogens is 379 g/mol. The lowest BCUT2D eigenvalue weighted by atomic mass is 10.1. The van der Waals surface area contributed by atoms with Crippen molar-refractivity contribution in [3.8, 4) is 22.6 Å². The van der Waals surface area contributed by atoms with E-state index in [1.54, 1.807) is 30.5 Å². The van der Waals surface area contributed by atoms with E-state index in [1.807, 2.05) is 0 Å². The van der Waals surface area contributed by atoms with Gasteiger partial charge < -0.3 is 16.2 Å². The molecule has 0 saturated carbocycles. The van der Waals surface area contributed by atoms with Crippen LogP contribution in [0.5, 0.6) is 0 Å². The third-order valence-electron chi connectivity index (χ3n) is 4.57. The van der Waals surface area contributed by atoms with Crippen molar-refractivity contribution in [2.75, 3.05) is 24.5 Å². The van der Waals surface area contributed by atoms with Gasteiger partial charge in [0.15, 0.2) is 6.10 Å². The Balaban J connectivity index is 1.54. The van der Waals surface area contributed by atoms with Gasteiger partial charge in [0.2, 0.25) is 5.82 Å². The highest BCUT2D eigenvalue weighted by atomic mass is 19.1. The molecule has 1 aliphatic heterocycles. The summed E-state index contributed by atoms with van der Waals surface area (Å²) in [5.74, 6) is -0.0595. The fourth-order valence-electron chi connectivity index (χ4n) is 3.06. The Morgan fingerprint density at radius 1 is 1.24 bits per heavy atom. The van der Waals surface area contributed by atoms with Crippen molar-refractivity contribution in [1.29, 1.82) is 0 Å². The second-order valence-corrected chi connectivity index (χ2v) is 6.56. The van der Waals surface area contributed by atoms with Crippen molar-refractivity contribution in [3.63, 3.8) is 0 Å². The zero-order valence-electron chi connectivity index (χ0n) is 15.7. The van der Waals surface area contributed by atoms with Crippen LogP contribution in [0.4, 0.5) is 14.9 Å². The molecule has 0 spiro atoms. The number of cyclic esters (lactones) is 1. The van der Waals surface area contributed by atoms with Gasteiger partial charge in [-0.15, -0.1) is 10.2 Å². The molecule has 3 heterocycles. The number of pyridine rings is 1. The number of hydrogen-bond acceptors (Lipinski definition) is 6. The SMILES string of the molecule is [NH3+]CCn1nnc(-c2ccc(-c3ccc(N4C[C@H](C[NH3+])OC4=O)cc3F)cn2)n1. The lowest BCUT2D eigenvalue weighted by Crippen LogP contribution is -2.56. The summed E-state index contributed by atoms with van der Waals surface area (Å²) in [6, 6.07) is 8.08. The molecule has 29 heavy (non-hydrogen) atoms. The van der Waals surface area contributed by atoms with Crippen LogP contribution in [0.25, 0.3) is 22.6 Å². The van der Waals surface area contributed by atoms with Crippen molar-refractivity contribution >= 4 is 11.8 Å². The molecule has 150 valence electrons. The normalized spacial score (nSPS) is 16.3. The van der Waals surface area contributed by atoms with Crippen molar-refractivity contribution < 1.29 is 25.4 Å². The van der Waals surface area contributed by atoms with Gasteiger partial charge in [0.05, 0.1) is 18.8 Å². The molecule has 1 aromatic carbocycles. The molecule has 0 aliphatic carbocycles. The summed E-state index contributed by atoms with van der Waals surface area (Å²) in [6.45, 7) is 2.06. The van der Waals surface area contributed by atoms with E-state index in [9.17, 15) is 9.18 Å². The van der Waals surface area contributed by atoms with E-state index in [-0.39, 0.29) is 6.10 Å². The van der Waals surface area contributed by atoms with Gasteiger partial charge in [-0.05, 0) is 29.5 Å². The first-order valence-electron chi connectivity index (χ1n) is 9.20. The van der Waals surface area contributed by atoms with E-state index in [0.717, 1.165) is 0 Å². The Labute approximate surface area is 165 Å². The van der Waals surface area contributed by atoms with Crippen molar-refractivity contribution in [2.24, 2.45) is 0 Å². The van der Waals surface area contributed by atoms with Gasteiger partial charge in [-0.1, -0.05) is 6.07 Å². The highest BCUT2D eigenvalue weighted by Crippen LogP contribution is 2.29. The molecule has 11 heteroatoms. The monoisotopic (exact) mass is 400 g/mol. The maximum Gasteiger partial charge on any atom is 0.414 e. The van der Waals surface area contributed by atoms with E-state index in [4.69, 9.17) is 4.74 Å². The maximum atomic E-state index is 14.7. The van der Waals surface area contributed by atoms with Crippen LogP contribution in [0, 0.1) is 5.82 Å². The van der Waals surface area contributed by atoms with Crippen molar-refractivity contribution in [3.05, 3.63) is 42.3 Å². The van der Waals surface area contributed by atoms with E-state index >= 15 is 0 Å². The van der Waals surface area contributed by atoms with Gasteiger partial charge in [0.1, 0.15) is 24.6 Å². The number of carbonyl (C=O) groups is 1. The summed E-state index contributed by atoms with van der Waals surface area (Å²) in [5, 5.41) is 12.1.